The summed E-state index contributed by atoms with van der Waals surface area (Å²) in [5.41, 5.74) is -1.32. The van der Waals surface area contributed by atoms with E-state index in [9.17, 15) is 9.59 Å². The molecule has 6 nitrogen and oxygen atoms in total. The van der Waals surface area contributed by atoms with Crippen LogP contribution in [-0.2, 0) is 6.54 Å². The molecule has 1 heterocycles. The van der Waals surface area contributed by atoms with E-state index in [4.69, 9.17) is 0 Å². The molecule has 0 aliphatic rings. The maximum atomic E-state index is 11.1. The molecule has 0 aromatic carbocycles. The van der Waals surface area contributed by atoms with Crippen LogP contribution in [0.2, 0.25) is 0 Å². The number of rotatable bonds is 3. The van der Waals surface area contributed by atoms with Crippen LogP contribution in [0.5, 0.6) is 0 Å². The van der Waals surface area contributed by atoms with Gasteiger partial charge in [0.05, 0.1) is 0 Å². The van der Waals surface area contributed by atoms with Gasteiger partial charge in [-0.15, -0.1) is 0 Å². The maximum Gasteiger partial charge on any atom is 0.330 e. The minimum absolute atomic E-state index is 0.419. The van der Waals surface area contributed by atoms with Crippen LogP contribution in [-0.4, -0.2) is 40.3 Å². The van der Waals surface area contributed by atoms with Gasteiger partial charge in [-0.25, -0.2) is 5.10 Å². The molecule has 0 aliphatic heterocycles. The summed E-state index contributed by atoms with van der Waals surface area (Å²) in [5.74, 6) is 0. The van der Waals surface area contributed by atoms with E-state index in [1.807, 2.05) is 24.1 Å². The van der Waals surface area contributed by atoms with E-state index in [1.165, 1.54) is 4.57 Å². The average molecular weight is 183 g/mol. The van der Waals surface area contributed by atoms with Crippen LogP contribution in [0.3, 0.4) is 0 Å². The predicted molar refractivity (Wildman–Crippen MR) is 46.5 cm³/mol. The minimum atomic E-state index is -0.711. The Kier molecular flexibility index (Phi) is 2.97. The fourth-order valence-electron chi connectivity index (χ4n) is 0.803. The molecule has 13 heavy (non-hydrogen) atoms. The van der Waals surface area contributed by atoms with Crippen molar-refractivity contribution < 1.29 is 0 Å². The van der Waals surface area contributed by atoms with E-state index in [1.54, 1.807) is 0 Å². The Bertz CT molecular complexity index is 379. The quantitative estimate of drug-likeness (QED) is 0.567. The summed E-state index contributed by atoms with van der Waals surface area (Å²) in [4.78, 5) is 23.8. The van der Waals surface area contributed by atoms with Gasteiger partial charge in [0.1, 0.15) is 0 Å². The number of nitrogens with zero attached hydrogens (tertiary/aromatic N) is 3. The van der Waals surface area contributed by atoms with Crippen LogP contribution >= 0.6 is 0 Å². The van der Waals surface area contributed by atoms with Gasteiger partial charge in [0.15, 0.2) is 0 Å². The SMILES string of the molecule is CN(C)CCn1[c]n[nH]c(=O)c1=O. The molecular weight excluding hydrogens is 172 g/mol. The Labute approximate surface area is 74.8 Å². The highest BCUT2D eigenvalue weighted by molar-refractivity contribution is 4.73. The normalized spacial score (nSPS) is 10.7. The zero-order valence-corrected chi connectivity index (χ0v) is 7.57. The van der Waals surface area contributed by atoms with Crippen molar-refractivity contribution >= 4 is 0 Å². The molecule has 0 bridgehead atoms. The second kappa shape index (κ2) is 3.99. The lowest BCUT2D eigenvalue weighted by atomic mass is 10.5. The lowest BCUT2D eigenvalue weighted by Crippen LogP contribution is -2.38. The van der Waals surface area contributed by atoms with E-state index in [2.05, 4.69) is 11.4 Å². The molecule has 0 atom stereocenters. The van der Waals surface area contributed by atoms with Gasteiger partial charge < -0.3 is 4.90 Å². The van der Waals surface area contributed by atoms with Gasteiger partial charge in [-0.1, -0.05) is 0 Å². The highest BCUT2D eigenvalue weighted by Crippen LogP contribution is 1.77. The summed E-state index contributed by atoms with van der Waals surface area (Å²) in [6.07, 6.45) is 2.40. The Morgan fingerprint density at radius 1 is 1.54 bits per heavy atom. The van der Waals surface area contributed by atoms with Gasteiger partial charge in [-0.05, 0) is 14.1 Å². The molecule has 0 aliphatic carbocycles. The first-order valence-electron chi connectivity index (χ1n) is 3.83. The minimum Gasteiger partial charge on any atom is -0.308 e. The molecule has 1 radical (unpaired) electrons. The van der Waals surface area contributed by atoms with E-state index >= 15 is 0 Å². The number of hydrogen-bond donors (Lipinski definition) is 1. The molecule has 1 aromatic heterocycles. The molecule has 71 valence electrons. The van der Waals surface area contributed by atoms with Crippen molar-refractivity contribution in [2.45, 2.75) is 6.54 Å². The average Bonchev–Trinajstić information content (AvgIpc) is 2.07. The summed E-state index contributed by atoms with van der Waals surface area (Å²) < 4.78 is 1.17. The first kappa shape index (κ1) is 9.66. The summed E-state index contributed by atoms with van der Waals surface area (Å²) in [5, 5.41) is 5.42. The Balaban J connectivity index is 2.84. The number of aromatic nitrogens is 3. The molecule has 0 amide bonds. The highest BCUT2D eigenvalue weighted by atomic mass is 16.2. The molecule has 6 heteroatoms. The first-order valence-corrected chi connectivity index (χ1v) is 3.83. The van der Waals surface area contributed by atoms with E-state index < -0.39 is 11.1 Å². The fraction of sp³-hybridized carbons (Fsp3) is 0.571. The Morgan fingerprint density at radius 2 is 2.23 bits per heavy atom. The van der Waals surface area contributed by atoms with Crippen LogP contribution in [0.15, 0.2) is 9.59 Å². The van der Waals surface area contributed by atoms with E-state index in [0.717, 1.165) is 0 Å². The van der Waals surface area contributed by atoms with Gasteiger partial charge in [0, 0.05) is 13.1 Å². The van der Waals surface area contributed by atoms with Crippen LogP contribution in [0.1, 0.15) is 0 Å². The van der Waals surface area contributed by atoms with Crippen molar-refractivity contribution in [2.75, 3.05) is 20.6 Å². The molecule has 0 saturated heterocycles. The van der Waals surface area contributed by atoms with Gasteiger partial charge in [-0.3, -0.25) is 14.2 Å². The lowest BCUT2D eigenvalue weighted by molar-refractivity contribution is 0.377. The second-order valence-electron chi connectivity index (χ2n) is 2.91. The number of likely N-dealkylation sites (N-methyl/N-ethyl adjacent to an activating group) is 1. The third kappa shape index (κ3) is 2.51. The molecule has 0 spiro atoms. The van der Waals surface area contributed by atoms with Crippen molar-refractivity contribution in [3.63, 3.8) is 0 Å². The number of H-pyrrole nitrogens is 1. The predicted octanol–water partition coefficient (Wildman–Crippen LogP) is -1.71. The van der Waals surface area contributed by atoms with Gasteiger partial charge >= 0.3 is 11.1 Å². The largest absolute Gasteiger partial charge is 0.330 e. The standard InChI is InChI=1S/C7H11N4O2/c1-10(2)3-4-11-5-8-9-6(12)7(11)13/h3-4H2,1-2H3,(H,9,12). The molecular formula is C7H11N4O2. The van der Waals surface area contributed by atoms with E-state index in [-0.39, 0.29) is 0 Å². The smallest absolute Gasteiger partial charge is 0.308 e. The first-order chi connectivity index (χ1) is 6.11. The topological polar surface area (TPSA) is 71.0 Å². The second-order valence-corrected chi connectivity index (χ2v) is 2.91. The van der Waals surface area contributed by atoms with Crippen LogP contribution in [0.25, 0.3) is 0 Å². The zero-order chi connectivity index (χ0) is 9.84. The molecule has 1 N–H and O–H groups in total. The van der Waals surface area contributed by atoms with Crippen molar-refractivity contribution in [1.29, 1.82) is 0 Å². The molecule has 1 aromatic rings. The van der Waals surface area contributed by atoms with Crippen molar-refractivity contribution in [1.82, 2.24) is 19.7 Å². The molecule has 0 unspecified atom stereocenters. The third-order valence-corrected chi connectivity index (χ3v) is 1.54. The summed E-state index contributed by atoms with van der Waals surface area (Å²) in [6, 6.07) is 0. The number of aromatic amines is 1. The van der Waals surface area contributed by atoms with Gasteiger partial charge in [0.2, 0.25) is 6.33 Å². The Hall–Kier alpha value is -1.43. The van der Waals surface area contributed by atoms with Crippen LogP contribution in [0.4, 0.5) is 0 Å². The Morgan fingerprint density at radius 3 is 2.85 bits per heavy atom. The van der Waals surface area contributed by atoms with Gasteiger partial charge in [0.25, 0.3) is 0 Å². The maximum absolute atomic E-state index is 11.1. The summed E-state index contributed by atoms with van der Waals surface area (Å²) >= 11 is 0. The fourth-order valence-corrected chi connectivity index (χ4v) is 0.803. The van der Waals surface area contributed by atoms with Crippen molar-refractivity contribution in [3.05, 3.63) is 27.0 Å². The van der Waals surface area contributed by atoms with Crippen molar-refractivity contribution in [3.8, 4) is 0 Å². The molecule has 0 saturated carbocycles. The van der Waals surface area contributed by atoms with Crippen LogP contribution < -0.4 is 11.1 Å². The van der Waals surface area contributed by atoms with Crippen molar-refractivity contribution in [2.24, 2.45) is 0 Å². The van der Waals surface area contributed by atoms with E-state index in [0.29, 0.717) is 13.1 Å². The monoisotopic (exact) mass is 183 g/mol. The molecule has 0 fully saturated rings. The van der Waals surface area contributed by atoms with Gasteiger partial charge in [-0.2, -0.15) is 5.10 Å². The highest BCUT2D eigenvalue weighted by Gasteiger charge is 2.00. The summed E-state index contributed by atoms with van der Waals surface area (Å²) in [7, 11) is 3.76. The zero-order valence-electron chi connectivity index (χ0n) is 7.57. The lowest BCUT2D eigenvalue weighted by Gasteiger charge is -2.09. The molecule has 1 rings (SSSR count). The number of nitrogens with one attached hydrogen (secondary N) is 1. The third-order valence-electron chi connectivity index (χ3n) is 1.54. The summed E-state index contributed by atoms with van der Waals surface area (Å²) in [6.45, 7) is 1.09. The number of hydrogen-bond acceptors (Lipinski definition) is 4. The van der Waals surface area contributed by atoms with Crippen LogP contribution in [0, 0.1) is 6.33 Å².